The van der Waals surface area contributed by atoms with Crippen LogP contribution in [-0.2, 0) is 10.0 Å². The summed E-state index contributed by atoms with van der Waals surface area (Å²) in [5.41, 5.74) is 0.400. The Bertz CT molecular complexity index is 921. The van der Waals surface area contributed by atoms with Gasteiger partial charge in [0, 0.05) is 21.0 Å². The molecule has 0 spiro atoms. The molecule has 5 nitrogen and oxygen atoms in total. The molecule has 0 fully saturated rings. The fourth-order valence-corrected chi connectivity index (χ4v) is 4.65. The average molecular weight is 427 g/mol. The predicted molar refractivity (Wildman–Crippen MR) is 112 cm³/mol. The number of benzene rings is 2. The quantitative estimate of drug-likeness (QED) is 0.651. The molecule has 8 heteroatoms. The van der Waals surface area contributed by atoms with Crippen molar-refractivity contribution in [2.24, 2.45) is 0 Å². The summed E-state index contributed by atoms with van der Waals surface area (Å²) in [6.07, 6.45) is 0. The normalized spacial score (nSPS) is 12.0. The lowest BCUT2D eigenvalue weighted by molar-refractivity contribution is 0.102. The van der Waals surface area contributed by atoms with Crippen molar-refractivity contribution >= 4 is 45.0 Å². The highest BCUT2D eigenvalue weighted by atomic mass is 35.5. The smallest absolute Gasteiger partial charge is 0.255 e. The highest BCUT2D eigenvalue weighted by Gasteiger charge is 2.22. The lowest BCUT2D eigenvalue weighted by Gasteiger charge is -2.20. The van der Waals surface area contributed by atoms with Gasteiger partial charge in [-0.1, -0.05) is 18.5 Å². The molecule has 0 bridgehead atoms. The zero-order chi connectivity index (χ0) is 20.2. The number of hydrogen-bond acceptors (Lipinski definition) is 4. The monoisotopic (exact) mass is 426 g/mol. The Morgan fingerprint density at radius 3 is 2.30 bits per heavy atom. The van der Waals surface area contributed by atoms with Gasteiger partial charge < -0.3 is 5.32 Å². The summed E-state index contributed by atoms with van der Waals surface area (Å²) in [7, 11) is -3.64. The van der Waals surface area contributed by atoms with Gasteiger partial charge in [0.1, 0.15) is 0 Å². The van der Waals surface area contributed by atoms with Crippen LogP contribution in [0.25, 0.3) is 0 Å². The molecule has 2 aromatic carbocycles. The van der Waals surface area contributed by atoms with E-state index in [0.717, 1.165) is 10.6 Å². The van der Waals surface area contributed by atoms with Crippen molar-refractivity contribution in [1.29, 1.82) is 0 Å². The molecule has 0 aromatic heterocycles. The Kier molecular flexibility index (Phi) is 6.97. The second-order valence-electron chi connectivity index (χ2n) is 6.91. The Hall–Kier alpha value is -1.54. The molecular weight excluding hydrogens is 404 g/mol. The van der Waals surface area contributed by atoms with E-state index < -0.39 is 15.6 Å². The summed E-state index contributed by atoms with van der Waals surface area (Å²) in [4.78, 5) is 13.6. The van der Waals surface area contributed by atoms with Crippen LogP contribution in [0.15, 0.2) is 52.3 Å². The first-order valence-electron chi connectivity index (χ1n) is 8.39. The van der Waals surface area contributed by atoms with E-state index in [1.807, 2.05) is 13.0 Å². The third-order valence-electron chi connectivity index (χ3n) is 3.36. The van der Waals surface area contributed by atoms with E-state index in [0.29, 0.717) is 16.3 Å². The molecule has 146 valence electrons. The zero-order valence-corrected chi connectivity index (χ0v) is 18.1. The fraction of sp³-hybridized carbons (Fsp3) is 0.316. The molecule has 2 rings (SSSR count). The molecule has 0 unspecified atom stereocenters. The molecule has 1 amide bonds. The van der Waals surface area contributed by atoms with Crippen molar-refractivity contribution < 1.29 is 13.2 Å². The van der Waals surface area contributed by atoms with Crippen LogP contribution >= 0.6 is 23.4 Å². The fourth-order valence-electron chi connectivity index (χ4n) is 2.32. The summed E-state index contributed by atoms with van der Waals surface area (Å²) < 4.78 is 27.3. The van der Waals surface area contributed by atoms with Crippen molar-refractivity contribution in [2.45, 2.75) is 43.0 Å². The van der Waals surface area contributed by atoms with Crippen LogP contribution < -0.4 is 10.0 Å². The van der Waals surface area contributed by atoms with Crippen LogP contribution in [0, 0.1) is 0 Å². The van der Waals surface area contributed by atoms with Gasteiger partial charge in [-0.3, -0.25) is 4.79 Å². The highest BCUT2D eigenvalue weighted by Crippen LogP contribution is 2.30. The lowest BCUT2D eigenvalue weighted by Crippen LogP contribution is -2.40. The summed E-state index contributed by atoms with van der Waals surface area (Å²) in [6.45, 7) is 7.32. The van der Waals surface area contributed by atoms with Crippen LogP contribution in [0.4, 0.5) is 5.69 Å². The third kappa shape index (κ3) is 6.24. The summed E-state index contributed by atoms with van der Waals surface area (Å²) in [6, 6.07) is 11.2. The number of sulfonamides is 1. The van der Waals surface area contributed by atoms with E-state index in [4.69, 9.17) is 11.6 Å². The number of carbonyl (C=O) groups excluding carboxylic acids is 1. The average Bonchev–Trinajstić information content (AvgIpc) is 2.55. The number of rotatable bonds is 6. The molecule has 0 aliphatic heterocycles. The van der Waals surface area contributed by atoms with E-state index >= 15 is 0 Å². The van der Waals surface area contributed by atoms with Gasteiger partial charge in [-0.15, -0.1) is 11.8 Å². The number of carbonyl (C=O) groups is 1. The number of thioether (sulfide) groups is 1. The Labute approximate surface area is 169 Å². The largest absolute Gasteiger partial charge is 0.321 e. The van der Waals surface area contributed by atoms with E-state index in [1.54, 1.807) is 44.7 Å². The standard InChI is InChI=1S/C19H23ClN2O3S2/c1-5-26-17-11-8-14(20)12-16(17)21-18(23)13-6-9-15(10-7-13)27(24,25)22-19(2,3)4/h6-12,22H,5H2,1-4H3,(H,21,23). The lowest BCUT2D eigenvalue weighted by atomic mass is 10.1. The van der Waals surface area contributed by atoms with Gasteiger partial charge in [-0.2, -0.15) is 0 Å². The van der Waals surface area contributed by atoms with Crippen LogP contribution in [-0.4, -0.2) is 25.6 Å². The molecule has 0 radical (unpaired) electrons. The first-order chi connectivity index (χ1) is 12.5. The molecule has 2 N–H and O–H groups in total. The molecule has 0 aliphatic carbocycles. The minimum atomic E-state index is -3.64. The Morgan fingerprint density at radius 2 is 1.74 bits per heavy atom. The van der Waals surface area contributed by atoms with Crippen LogP contribution in [0.5, 0.6) is 0 Å². The second-order valence-corrected chi connectivity index (χ2v) is 10.3. The topological polar surface area (TPSA) is 75.3 Å². The van der Waals surface area contributed by atoms with Gasteiger partial charge >= 0.3 is 0 Å². The molecule has 0 aliphatic rings. The summed E-state index contributed by atoms with van der Waals surface area (Å²) in [5, 5.41) is 3.37. The minimum Gasteiger partial charge on any atom is -0.321 e. The number of nitrogens with one attached hydrogen (secondary N) is 2. The summed E-state index contributed by atoms with van der Waals surface area (Å²) >= 11 is 7.63. The van der Waals surface area contributed by atoms with Gasteiger partial charge in [-0.05, 0) is 69.0 Å². The van der Waals surface area contributed by atoms with Crippen LogP contribution in [0.3, 0.4) is 0 Å². The molecule has 0 saturated carbocycles. The number of halogens is 1. The van der Waals surface area contributed by atoms with Crippen molar-refractivity contribution in [3.8, 4) is 0 Å². The number of amides is 1. The van der Waals surface area contributed by atoms with Crippen molar-refractivity contribution in [2.75, 3.05) is 11.1 Å². The molecule has 0 heterocycles. The predicted octanol–water partition coefficient (Wildman–Crippen LogP) is 4.78. The second kappa shape index (κ2) is 8.65. The van der Waals surface area contributed by atoms with E-state index in [9.17, 15) is 13.2 Å². The third-order valence-corrected chi connectivity index (χ3v) is 6.32. The van der Waals surface area contributed by atoms with Crippen LogP contribution in [0.2, 0.25) is 5.02 Å². The number of anilines is 1. The summed E-state index contributed by atoms with van der Waals surface area (Å²) in [5.74, 6) is 0.528. The van der Waals surface area contributed by atoms with Crippen molar-refractivity contribution in [3.63, 3.8) is 0 Å². The molecule has 2 aromatic rings. The maximum Gasteiger partial charge on any atom is 0.255 e. The van der Waals surface area contributed by atoms with Gasteiger partial charge in [0.25, 0.3) is 5.91 Å². The molecule has 27 heavy (non-hydrogen) atoms. The van der Waals surface area contributed by atoms with E-state index in [2.05, 4.69) is 10.0 Å². The van der Waals surface area contributed by atoms with E-state index in [-0.39, 0.29) is 10.8 Å². The highest BCUT2D eigenvalue weighted by molar-refractivity contribution is 7.99. The Balaban J connectivity index is 2.21. The Morgan fingerprint density at radius 1 is 1.11 bits per heavy atom. The van der Waals surface area contributed by atoms with Crippen molar-refractivity contribution in [1.82, 2.24) is 4.72 Å². The number of hydrogen-bond donors (Lipinski definition) is 2. The first kappa shape index (κ1) is 21.8. The molecular formula is C19H23ClN2O3S2. The van der Waals surface area contributed by atoms with Crippen LogP contribution in [0.1, 0.15) is 38.1 Å². The minimum absolute atomic E-state index is 0.110. The first-order valence-corrected chi connectivity index (χ1v) is 11.2. The van der Waals surface area contributed by atoms with Gasteiger partial charge in [-0.25, -0.2) is 13.1 Å². The maximum absolute atomic E-state index is 12.5. The maximum atomic E-state index is 12.5. The van der Waals surface area contributed by atoms with Crippen molar-refractivity contribution in [3.05, 3.63) is 53.1 Å². The van der Waals surface area contributed by atoms with E-state index in [1.165, 1.54) is 24.3 Å². The van der Waals surface area contributed by atoms with Gasteiger partial charge in [0.15, 0.2) is 0 Å². The molecule has 0 saturated heterocycles. The molecule has 0 atom stereocenters. The van der Waals surface area contributed by atoms with Gasteiger partial charge in [0.2, 0.25) is 10.0 Å². The SMILES string of the molecule is CCSc1ccc(Cl)cc1NC(=O)c1ccc(S(=O)(=O)NC(C)(C)C)cc1. The van der Waals surface area contributed by atoms with Gasteiger partial charge in [0.05, 0.1) is 10.6 Å². The zero-order valence-electron chi connectivity index (χ0n) is 15.7.